The first-order valence-electron chi connectivity index (χ1n) is 17.3. The molecule has 0 aliphatic carbocycles. The highest BCUT2D eigenvalue weighted by Crippen LogP contribution is 2.54. The number of aromatic nitrogens is 4. The lowest BCUT2D eigenvalue weighted by Gasteiger charge is -2.50. The number of nitriles is 1. The van der Waals surface area contributed by atoms with E-state index in [0.717, 1.165) is 16.7 Å². The number of ether oxygens (including phenoxy) is 2. The highest BCUT2D eigenvalue weighted by Gasteiger charge is 2.47. The second-order valence-corrected chi connectivity index (χ2v) is 16.3. The minimum atomic E-state index is -3.65. The van der Waals surface area contributed by atoms with E-state index in [2.05, 4.69) is 62.7 Å². The van der Waals surface area contributed by atoms with E-state index in [1.165, 1.54) is 4.67 Å². The number of nitrogens with zero attached hydrogens (tertiary/aromatic N) is 7. The van der Waals surface area contributed by atoms with Crippen LogP contribution in [0.1, 0.15) is 43.2 Å². The summed E-state index contributed by atoms with van der Waals surface area (Å²) >= 11 is 6.36. The maximum absolute atomic E-state index is 13.2. The largest absolute Gasteiger partial charge is 0.475 e. The van der Waals surface area contributed by atoms with Crippen LogP contribution in [0.15, 0.2) is 97.3 Å². The number of anilines is 1. The molecule has 6 rings (SSSR count). The number of morpholine rings is 1. The Hall–Kier alpha value is -4.67. The lowest BCUT2D eigenvalue weighted by Crippen LogP contribution is -2.57. The monoisotopic (exact) mass is 756 g/mol. The van der Waals surface area contributed by atoms with Crippen LogP contribution in [-0.4, -0.2) is 81.5 Å². The van der Waals surface area contributed by atoms with E-state index in [4.69, 9.17) is 35.5 Å². The number of fused-ring (bicyclic) bond motifs is 1. The molecule has 1 aliphatic heterocycles. The molecule has 53 heavy (non-hydrogen) atoms. The molecular weight excluding hydrogens is 715 g/mol. The SMILES string of the molecule is CC(C)C(=O)Nc1nc(OCCC#N)c2ncn([C@H]3CN(C(c4ccccc4)(c4ccccc4)c4ccccc4)C[C@@H](CO[P@@](=O)(Cl)N(C)C)O3)c2n1. The third-order valence-electron chi connectivity index (χ3n) is 9.01. The van der Waals surface area contributed by atoms with Gasteiger partial charge in [0.25, 0.3) is 0 Å². The summed E-state index contributed by atoms with van der Waals surface area (Å²) in [6.07, 6.45) is 0.350. The van der Waals surface area contributed by atoms with E-state index in [0.29, 0.717) is 24.3 Å². The van der Waals surface area contributed by atoms with E-state index >= 15 is 0 Å². The zero-order valence-corrected chi connectivity index (χ0v) is 31.7. The third-order valence-corrected chi connectivity index (χ3v) is 11.6. The zero-order chi connectivity index (χ0) is 37.6. The van der Waals surface area contributed by atoms with Gasteiger partial charge in [-0.1, -0.05) is 105 Å². The second kappa shape index (κ2) is 16.6. The van der Waals surface area contributed by atoms with Gasteiger partial charge in [-0.2, -0.15) is 15.2 Å². The van der Waals surface area contributed by atoms with Crippen LogP contribution in [0.25, 0.3) is 11.2 Å². The van der Waals surface area contributed by atoms with Crippen LogP contribution < -0.4 is 10.1 Å². The van der Waals surface area contributed by atoms with Crippen molar-refractivity contribution in [2.24, 2.45) is 5.92 Å². The highest BCUT2D eigenvalue weighted by molar-refractivity contribution is 7.83. The summed E-state index contributed by atoms with van der Waals surface area (Å²) in [4.78, 5) is 28.9. The highest BCUT2D eigenvalue weighted by atomic mass is 35.7. The first-order chi connectivity index (χ1) is 25.5. The average molecular weight is 757 g/mol. The Balaban J connectivity index is 1.53. The number of hydrogen-bond acceptors (Lipinski definition) is 10. The Kier molecular flexibility index (Phi) is 11.9. The number of amides is 1. The zero-order valence-electron chi connectivity index (χ0n) is 30.0. The molecule has 0 saturated carbocycles. The molecule has 1 N–H and O–H groups in total. The average Bonchev–Trinajstić information content (AvgIpc) is 3.60. The summed E-state index contributed by atoms with van der Waals surface area (Å²) in [5.41, 5.74) is 2.93. The van der Waals surface area contributed by atoms with Crippen molar-refractivity contribution in [3.8, 4) is 11.9 Å². The van der Waals surface area contributed by atoms with Crippen LogP contribution in [0.5, 0.6) is 5.88 Å². The standard InChI is InChI=1S/C38H42ClN8O5P/c1-27(2)35(48)43-37-42-34-33(36(44-37)50-22-14-21-40)41-26-47(34)32-24-46(23-31(52-32)25-51-53(39,49)45(3)4)38(28-15-8-5-9-16-28,29-17-10-6-11-18-29)30-19-12-7-13-20-30/h5-13,15-20,26-27,31-32H,14,22-25H2,1-4H3,(H,42,43,44,48)/t31-,32+,53-/m0/s1. The van der Waals surface area contributed by atoms with Crippen molar-refractivity contribution in [3.63, 3.8) is 0 Å². The summed E-state index contributed by atoms with van der Waals surface area (Å²) in [5.74, 6) is -0.462. The summed E-state index contributed by atoms with van der Waals surface area (Å²) < 4.78 is 34.9. The summed E-state index contributed by atoms with van der Waals surface area (Å²) in [7, 11) is 3.19. The fourth-order valence-electron chi connectivity index (χ4n) is 6.42. The quantitative estimate of drug-likeness (QED) is 0.0722. The van der Waals surface area contributed by atoms with E-state index in [-0.39, 0.29) is 43.3 Å². The lowest BCUT2D eigenvalue weighted by molar-refractivity contribution is -0.145. The predicted molar refractivity (Wildman–Crippen MR) is 202 cm³/mol. The van der Waals surface area contributed by atoms with Crippen molar-refractivity contribution in [1.29, 1.82) is 5.26 Å². The normalized spacial score (nSPS) is 17.8. The molecule has 5 aromatic rings. The minimum absolute atomic E-state index is 0.0266. The predicted octanol–water partition coefficient (Wildman–Crippen LogP) is 6.83. The summed E-state index contributed by atoms with van der Waals surface area (Å²) in [6.45, 7) is 0.563. The Morgan fingerprint density at radius 2 is 1.60 bits per heavy atom. The number of benzene rings is 3. The smallest absolute Gasteiger partial charge is 0.362 e. The van der Waals surface area contributed by atoms with Gasteiger partial charge in [0.15, 0.2) is 11.2 Å². The Labute approximate surface area is 313 Å². The van der Waals surface area contributed by atoms with Gasteiger partial charge in [-0.3, -0.25) is 24.1 Å². The van der Waals surface area contributed by atoms with E-state index < -0.39 is 24.7 Å². The number of carbonyl (C=O) groups excluding carboxylic acids is 1. The lowest BCUT2D eigenvalue weighted by atomic mass is 9.75. The van der Waals surface area contributed by atoms with E-state index in [9.17, 15) is 9.36 Å². The molecule has 1 aliphatic rings. The van der Waals surface area contributed by atoms with Gasteiger partial charge in [0.05, 0.1) is 37.1 Å². The summed E-state index contributed by atoms with van der Waals surface area (Å²) in [5, 5.41) is 11.9. The molecule has 2 aromatic heterocycles. The van der Waals surface area contributed by atoms with Crippen LogP contribution in [0.3, 0.4) is 0 Å². The number of imidazole rings is 1. The number of halogens is 1. The van der Waals surface area contributed by atoms with Crippen LogP contribution in [0, 0.1) is 17.2 Å². The molecular formula is C38H42ClN8O5P. The second-order valence-electron chi connectivity index (χ2n) is 13.1. The van der Waals surface area contributed by atoms with Crippen molar-refractivity contribution >= 4 is 41.1 Å². The topological polar surface area (TPSA) is 148 Å². The van der Waals surface area contributed by atoms with Gasteiger partial charge in [0.2, 0.25) is 17.7 Å². The molecule has 1 fully saturated rings. The van der Waals surface area contributed by atoms with Crippen molar-refractivity contribution < 1.29 is 23.4 Å². The fourth-order valence-corrected chi connectivity index (χ4v) is 7.17. The van der Waals surface area contributed by atoms with E-state index in [1.807, 2.05) is 54.6 Å². The number of nitrogens with one attached hydrogen (secondary N) is 1. The van der Waals surface area contributed by atoms with Gasteiger partial charge >= 0.3 is 6.87 Å². The molecule has 3 aromatic carbocycles. The third kappa shape index (κ3) is 8.14. The fraction of sp³-hybridized carbons (Fsp3) is 0.342. The Bertz CT molecular complexity index is 2000. The van der Waals surface area contributed by atoms with Crippen LogP contribution in [-0.2, 0) is 24.2 Å². The maximum Gasteiger partial charge on any atom is 0.362 e. The van der Waals surface area contributed by atoms with Gasteiger partial charge in [0, 0.05) is 19.0 Å². The van der Waals surface area contributed by atoms with Crippen molar-refractivity contribution in [2.75, 3.05) is 45.7 Å². The first-order valence-corrected chi connectivity index (χ1v) is 19.8. The minimum Gasteiger partial charge on any atom is -0.475 e. The van der Waals surface area contributed by atoms with Crippen molar-refractivity contribution in [1.82, 2.24) is 29.1 Å². The molecule has 0 bridgehead atoms. The van der Waals surface area contributed by atoms with Gasteiger partial charge < -0.3 is 14.0 Å². The van der Waals surface area contributed by atoms with Crippen molar-refractivity contribution in [3.05, 3.63) is 114 Å². The van der Waals surface area contributed by atoms with Crippen LogP contribution in [0.4, 0.5) is 5.95 Å². The molecule has 15 heteroatoms. The molecule has 3 atom stereocenters. The summed E-state index contributed by atoms with van der Waals surface area (Å²) in [6, 6.07) is 32.9. The number of hydrogen-bond donors (Lipinski definition) is 1. The molecule has 1 amide bonds. The van der Waals surface area contributed by atoms with Crippen LogP contribution >= 0.6 is 18.1 Å². The van der Waals surface area contributed by atoms with Gasteiger partial charge in [-0.05, 0) is 42.0 Å². The molecule has 1 saturated heterocycles. The Morgan fingerprint density at radius 1 is 1.02 bits per heavy atom. The van der Waals surface area contributed by atoms with E-state index in [1.54, 1.807) is 38.8 Å². The molecule has 0 unspecified atom stereocenters. The van der Waals surface area contributed by atoms with Crippen molar-refractivity contribution in [2.45, 2.75) is 38.1 Å². The molecule has 0 spiro atoms. The number of rotatable bonds is 14. The molecule has 0 radical (unpaired) electrons. The molecule has 276 valence electrons. The van der Waals surface area contributed by atoms with Gasteiger partial charge in [0.1, 0.15) is 12.8 Å². The molecule has 13 nitrogen and oxygen atoms in total. The maximum atomic E-state index is 13.2. The molecule has 3 heterocycles. The first kappa shape index (κ1) is 38.1. The number of carbonyl (C=O) groups is 1. The Morgan fingerprint density at radius 3 is 2.13 bits per heavy atom. The van der Waals surface area contributed by atoms with Crippen LogP contribution in [0.2, 0.25) is 0 Å². The van der Waals surface area contributed by atoms with Gasteiger partial charge in [-0.25, -0.2) is 9.65 Å². The van der Waals surface area contributed by atoms with Gasteiger partial charge in [-0.15, -0.1) is 0 Å².